The molecule has 4 aliphatic carbocycles. The van der Waals surface area contributed by atoms with Crippen molar-refractivity contribution >= 4 is 16.9 Å². The summed E-state index contributed by atoms with van der Waals surface area (Å²) in [6.07, 6.45) is 10.6. The second kappa shape index (κ2) is 6.50. The quantitative estimate of drug-likeness (QED) is 0.442. The number of hydrogen-bond donors (Lipinski definition) is 2. The van der Waals surface area contributed by atoms with Crippen molar-refractivity contribution < 1.29 is 9.26 Å². The Bertz CT molecular complexity index is 1420. The number of nitrogens with two attached hydrogens (primary N) is 1. The van der Waals surface area contributed by atoms with Crippen molar-refractivity contribution in [2.45, 2.75) is 49.7 Å². The van der Waals surface area contributed by atoms with Crippen molar-refractivity contribution in [3.8, 4) is 28.5 Å². The van der Waals surface area contributed by atoms with E-state index in [9.17, 15) is 0 Å². The Labute approximate surface area is 194 Å². The Morgan fingerprint density at radius 3 is 2.50 bits per heavy atom. The molecule has 5 fully saturated rings. The van der Waals surface area contributed by atoms with Crippen LogP contribution in [0.4, 0.5) is 5.82 Å². The number of anilines is 1. The van der Waals surface area contributed by atoms with Gasteiger partial charge in [0.05, 0.1) is 28.9 Å². The number of nitrogens with one attached hydrogen (secondary N) is 1. The van der Waals surface area contributed by atoms with Gasteiger partial charge in [0.1, 0.15) is 29.6 Å². The minimum Gasteiger partial charge on any atom is -0.485 e. The molecule has 4 aromatic heterocycles. The Morgan fingerprint density at radius 2 is 1.85 bits per heavy atom. The zero-order valence-electron chi connectivity index (χ0n) is 18.4. The van der Waals surface area contributed by atoms with Crippen molar-refractivity contribution in [1.82, 2.24) is 40.2 Å². The van der Waals surface area contributed by atoms with E-state index in [1.807, 2.05) is 0 Å². The second-order valence-electron chi connectivity index (χ2n) is 10.1. The van der Waals surface area contributed by atoms with Crippen LogP contribution >= 0.6 is 0 Å². The van der Waals surface area contributed by atoms with Crippen LogP contribution in [0.25, 0.3) is 33.8 Å². The lowest BCUT2D eigenvalue weighted by Crippen LogP contribution is -2.59. The van der Waals surface area contributed by atoms with Gasteiger partial charge in [-0.2, -0.15) is 5.10 Å². The number of nitrogen functional groups attached to an aromatic ring is 1. The van der Waals surface area contributed by atoms with Crippen LogP contribution in [0.1, 0.15) is 43.8 Å². The summed E-state index contributed by atoms with van der Waals surface area (Å²) in [4.78, 5) is 18.1. The zero-order chi connectivity index (χ0) is 22.4. The van der Waals surface area contributed by atoms with E-state index in [0.29, 0.717) is 40.1 Å². The van der Waals surface area contributed by atoms with Gasteiger partial charge >= 0.3 is 0 Å². The number of rotatable bonds is 6. The van der Waals surface area contributed by atoms with Gasteiger partial charge in [0.2, 0.25) is 0 Å². The standard InChI is InChI=1S/C23H23N9O2/c24-20-16-17(30-32(22(16)29-10-28-20)23-3-11(4-23)5-23)18-15(19(34-31-18)12-1-2-12)21-26-8-14(9-27-21)33-13-6-25-7-13/h8-13,25H,1-7H2,(H2,24,28,29). The lowest BCUT2D eigenvalue weighted by molar-refractivity contribution is -0.0946. The maximum Gasteiger partial charge on any atom is 0.165 e. The van der Waals surface area contributed by atoms with Gasteiger partial charge in [0.15, 0.2) is 23.0 Å². The zero-order valence-corrected chi connectivity index (χ0v) is 18.4. The molecule has 0 amide bonds. The first kappa shape index (κ1) is 18.8. The van der Waals surface area contributed by atoms with Gasteiger partial charge in [-0.3, -0.25) is 0 Å². The van der Waals surface area contributed by atoms with E-state index in [4.69, 9.17) is 20.1 Å². The predicted molar refractivity (Wildman–Crippen MR) is 121 cm³/mol. The van der Waals surface area contributed by atoms with Crippen LogP contribution in [-0.2, 0) is 5.54 Å². The van der Waals surface area contributed by atoms with Crippen molar-refractivity contribution in [1.29, 1.82) is 0 Å². The smallest absolute Gasteiger partial charge is 0.165 e. The summed E-state index contributed by atoms with van der Waals surface area (Å²) in [5.41, 5.74) is 9.15. The first-order valence-corrected chi connectivity index (χ1v) is 11.9. The molecule has 0 aromatic carbocycles. The molecule has 0 spiro atoms. The van der Waals surface area contributed by atoms with Gasteiger partial charge in [-0.1, -0.05) is 5.16 Å². The lowest BCUT2D eigenvalue weighted by atomic mass is 9.50. The van der Waals surface area contributed by atoms with Gasteiger partial charge in [0, 0.05) is 19.0 Å². The molecule has 11 nitrogen and oxygen atoms in total. The highest BCUT2D eigenvalue weighted by atomic mass is 16.5. The maximum atomic E-state index is 6.36. The topological polar surface area (TPSA) is 143 Å². The van der Waals surface area contributed by atoms with E-state index >= 15 is 0 Å². The molecule has 9 rings (SSSR count). The van der Waals surface area contributed by atoms with Crippen LogP contribution in [0.15, 0.2) is 23.2 Å². The minimum atomic E-state index is 0.0387. The van der Waals surface area contributed by atoms with Crippen LogP contribution in [0.5, 0.6) is 5.75 Å². The van der Waals surface area contributed by atoms with Gasteiger partial charge in [-0.15, -0.1) is 0 Å². The van der Waals surface area contributed by atoms with Gasteiger partial charge < -0.3 is 20.3 Å². The van der Waals surface area contributed by atoms with Crippen molar-refractivity contribution in [2.24, 2.45) is 5.92 Å². The van der Waals surface area contributed by atoms with Gasteiger partial charge in [-0.25, -0.2) is 24.6 Å². The first-order chi connectivity index (χ1) is 16.7. The highest BCUT2D eigenvalue weighted by Crippen LogP contribution is 2.63. The third-order valence-electron chi connectivity index (χ3n) is 7.74. The highest BCUT2D eigenvalue weighted by molar-refractivity contribution is 6.00. The van der Waals surface area contributed by atoms with E-state index in [1.54, 1.807) is 12.4 Å². The third-order valence-corrected chi connectivity index (χ3v) is 7.74. The fraction of sp³-hybridized carbons (Fsp3) is 0.478. The fourth-order valence-corrected chi connectivity index (χ4v) is 5.51. The molecule has 172 valence electrons. The fourth-order valence-electron chi connectivity index (χ4n) is 5.51. The van der Waals surface area contributed by atoms with E-state index in [0.717, 1.165) is 68.1 Å². The molecule has 2 bridgehead atoms. The van der Waals surface area contributed by atoms with Crippen LogP contribution in [0, 0.1) is 5.92 Å². The number of aromatic nitrogens is 7. The predicted octanol–water partition coefficient (Wildman–Crippen LogP) is 2.26. The Morgan fingerprint density at radius 1 is 1.06 bits per heavy atom. The van der Waals surface area contributed by atoms with Crippen LogP contribution in [0.2, 0.25) is 0 Å². The summed E-state index contributed by atoms with van der Waals surface area (Å²) >= 11 is 0. The largest absolute Gasteiger partial charge is 0.485 e. The first-order valence-electron chi connectivity index (χ1n) is 11.9. The second-order valence-corrected chi connectivity index (χ2v) is 10.1. The number of ether oxygens (including phenoxy) is 1. The summed E-state index contributed by atoms with van der Waals surface area (Å²) < 4.78 is 13.8. The van der Waals surface area contributed by atoms with Crippen LogP contribution in [-0.4, -0.2) is 54.1 Å². The minimum absolute atomic E-state index is 0.0387. The maximum absolute atomic E-state index is 6.36. The average Bonchev–Trinajstić information content (AvgIpc) is 3.39. The molecule has 1 saturated heterocycles. The van der Waals surface area contributed by atoms with Crippen LogP contribution in [0.3, 0.4) is 0 Å². The molecule has 0 radical (unpaired) electrons. The molecular formula is C23H23N9O2. The number of fused-ring (bicyclic) bond motifs is 1. The molecule has 3 N–H and O–H groups in total. The van der Waals surface area contributed by atoms with Crippen molar-refractivity contribution in [3.63, 3.8) is 0 Å². The Hall–Kier alpha value is -3.60. The van der Waals surface area contributed by atoms with Crippen molar-refractivity contribution in [3.05, 3.63) is 24.5 Å². The highest BCUT2D eigenvalue weighted by Gasteiger charge is 2.59. The molecule has 4 saturated carbocycles. The van der Waals surface area contributed by atoms with Gasteiger partial charge in [-0.05, 0) is 38.0 Å². The molecule has 5 aliphatic rings. The van der Waals surface area contributed by atoms with Crippen LogP contribution < -0.4 is 15.8 Å². The summed E-state index contributed by atoms with van der Waals surface area (Å²) in [6, 6.07) is 0. The van der Waals surface area contributed by atoms with Crippen molar-refractivity contribution in [2.75, 3.05) is 18.8 Å². The van der Waals surface area contributed by atoms with Gasteiger partial charge in [0.25, 0.3) is 0 Å². The van der Waals surface area contributed by atoms with E-state index in [-0.39, 0.29) is 11.6 Å². The Balaban J connectivity index is 1.28. The third kappa shape index (κ3) is 2.55. The van der Waals surface area contributed by atoms with E-state index < -0.39 is 0 Å². The molecule has 34 heavy (non-hydrogen) atoms. The number of nitrogens with zero attached hydrogens (tertiary/aromatic N) is 7. The molecule has 11 heteroatoms. The molecule has 4 aromatic rings. The SMILES string of the molecule is Nc1ncnc2c1c(-c1noc(C3CC3)c1-c1ncc(OC3CNC3)cn1)nn2C12CC(C1)C2. The number of hydrogen-bond acceptors (Lipinski definition) is 10. The molecule has 5 heterocycles. The molecular weight excluding hydrogens is 434 g/mol. The summed E-state index contributed by atoms with van der Waals surface area (Å²) in [5, 5.41) is 13.4. The average molecular weight is 457 g/mol. The Kier molecular flexibility index (Phi) is 3.59. The molecule has 0 atom stereocenters. The summed E-state index contributed by atoms with van der Waals surface area (Å²) in [6.45, 7) is 1.68. The normalized spacial score (nSPS) is 25.6. The summed E-state index contributed by atoms with van der Waals surface area (Å²) in [7, 11) is 0. The molecule has 0 unspecified atom stereocenters. The molecule has 1 aliphatic heterocycles. The monoisotopic (exact) mass is 457 g/mol. The van der Waals surface area contributed by atoms with E-state index in [2.05, 4.69) is 35.1 Å². The summed E-state index contributed by atoms with van der Waals surface area (Å²) in [5.74, 6) is 3.50. The lowest BCUT2D eigenvalue weighted by Gasteiger charge is -2.61. The van der Waals surface area contributed by atoms with E-state index in [1.165, 1.54) is 6.33 Å².